The molecule has 0 spiro atoms. The Morgan fingerprint density at radius 3 is 1.77 bits per heavy atom. The third kappa shape index (κ3) is 10.6. The molecule has 7 rings (SSSR count). The van der Waals surface area contributed by atoms with E-state index < -0.39 is 51.8 Å². The summed E-state index contributed by atoms with van der Waals surface area (Å²) < 4.78 is 42.2. The van der Waals surface area contributed by atoms with E-state index in [1.165, 1.54) is 14.9 Å². The largest absolute Gasteiger partial charge is 0.497 e. The van der Waals surface area contributed by atoms with E-state index in [1.807, 2.05) is 119 Å². The number of nitrogens with two attached hydrogens (primary N) is 1. The minimum absolute atomic E-state index is 0.00897. The van der Waals surface area contributed by atoms with E-state index in [9.17, 15) is 9.59 Å². The van der Waals surface area contributed by atoms with Gasteiger partial charge in [0.25, 0.3) is 0 Å². The molecule has 1 fully saturated rings. The Morgan fingerprint density at radius 1 is 0.788 bits per heavy atom. The summed E-state index contributed by atoms with van der Waals surface area (Å²) in [7, 11) is -1.10. The molecule has 1 aliphatic rings. The zero-order valence-electron chi connectivity index (χ0n) is 38.8. The fraction of sp³-hybridized carbons (Fsp3) is 0.327. The third-order valence-electron chi connectivity index (χ3n) is 12.3. The average molecular weight is 929 g/mol. The molecule has 0 bridgehead atoms. The van der Waals surface area contributed by atoms with Gasteiger partial charge in [-0.15, -0.1) is 0 Å². The highest BCUT2D eigenvalue weighted by Gasteiger charge is 2.46. The molecule has 1 unspecified atom stereocenters. The summed E-state index contributed by atoms with van der Waals surface area (Å²) in [6, 6.07) is 48.6. The highest BCUT2D eigenvalue weighted by Crippen LogP contribution is 2.51. The molecular weight excluding hydrogens is 868 g/mol. The van der Waals surface area contributed by atoms with Crippen LogP contribution >= 0.6 is 8.30 Å². The number of benzene rings is 5. The van der Waals surface area contributed by atoms with Gasteiger partial charge in [0, 0.05) is 24.7 Å². The lowest BCUT2D eigenvalue weighted by atomic mass is 9.80. The third-order valence-corrected chi connectivity index (χ3v) is 19.0. The zero-order valence-corrected chi connectivity index (χ0v) is 40.7. The van der Waals surface area contributed by atoms with Crippen LogP contribution in [0.2, 0.25) is 12.6 Å². The summed E-state index contributed by atoms with van der Waals surface area (Å²) in [6.45, 7) is 10.7. The van der Waals surface area contributed by atoms with Crippen molar-refractivity contribution < 1.29 is 33.0 Å². The van der Waals surface area contributed by atoms with Crippen molar-refractivity contribution in [2.45, 2.75) is 82.8 Å². The number of rotatable bonds is 20. The van der Waals surface area contributed by atoms with Crippen molar-refractivity contribution in [1.82, 2.24) is 14.2 Å². The van der Waals surface area contributed by atoms with Gasteiger partial charge in [-0.25, -0.2) is 14.3 Å². The Kier molecular flexibility index (Phi) is 15.9. The van der Waals surface area contributed by atoms with Crippen molar-refractivity contribution in [2.24, 2.45) is 0 Å². The number of ether oxygens (including phenoxy) is 5. The molecule has 0 aliphatic carbocycles. The molecule has 0 amide bonds. The lowest BCUT2D eigenvalue weighted by molar-refractivity contribution is -0.0913. The molecule has 1 saturated heterocycles. The predicted molar refractivity (Wildman–Crippen MR) is 264 cm³/mol. The second-order valence-electron chi connectivity index (χ2n) is 17.1. The lowest BCUT2D eigenvalue weighted by Gasteiger charge is -2.39. The minimum Gasteiger partial charge on any atom is -0.497 e. The van der Waals surface area contributed by atoms with E-state index in [2.05, 4.69) is 64.7 Å². The van der Waals surface area contributed by atoms with Crippen LogP contribution < -0.4 is 31.3 Å². The summed E-state index contributed by atoms with van der Waals surface area (Å²) >= 11 is 0. The Hall–Kier alpha value is -5.66. The van der Waals surface area contributed by atoms with E-state index in [0.29, 0.717) is 17.5 Å². The van der Waals surface area contributed by atoms with Gasteiger partial charge in [0.1, 0.15) is 43.3 Å². The van der Waals surface area contributed by atoms with Crippen LogP contribution in [0.1, 0.15) is 57.0 Å². The fourth-order valence-electron chi connectivity index (χ4n) is 8.86. The van der Waals surface area contributed by atoms with Crippen LogP contribution in [0.3, 0.4) is 0 Å². The number of anilines is 1. The number of hydrogen-bond acceptors (Lipinski definition) is 11. The molecule has 2 N–H and O–H groups in total. The maximum Gasteiger partial charge on any atom is 0.370 e. The standard InChI is InChI=1S/C52H61N4O8PSi/c1-37(2)56(38(3)4)65(51(58)61-33-34-66(7,44-19-13-9-14-20-44)45-21-15-10-16-22-45)64-46-35-49(55-32-31-48(53)54-50(55)57)63-47(46)36-62-52(39-17-11-8-12-18-39,40-23-27-42(59-5)28-24-40)41-25-29-43(60-6)30-26-41/h8-32,37-38,46-47,49H,33-36H2,1-7H3,(H2,53,54,57)/t46-,47+,49+,65?/m0/s1. The lowest BCUT2D eigenvalue weighted by Crippen LogP contribution is -2.56. The van der Waals surface area contributed by atoms with Gasteiger partial charge in [-0.05, 0) is 80.8 Å². The smallest absolute Gasteiger partial charge is 0.370 e. The first kappa shape index (κ1) is 48.3. The molecule has 346 valence electrons. The van der Waals surface area contributed by atoms with Crippen LogP contribution in [-0.2, 0) is 24.3 Å². The second kappa shape index (κ2) is 21.8. The van der Waals surface area contributed by atoms with Gasteiger partial charge in [-0.2, -0.15) is 4.98 Å². The fourth-order valence-corrected chi connectivity index (χ4v) is 14.0. The van der Waals surface area contributed by atoms with Gasteiger partial charge in [0.15, 0.2) is 0 Å². The molecule has 0 saturated carbocycles. The Morgan fingerprint density at radius 2 is 1.29 bits per heavy atom. The van der Waals surface area contributed by atoms with Crippen LogP contribution in [0.25, 0.3) is 0 Å². The predicted octanol–water partition coefficient (Wildman–Crippen LogP) is 8.98. The molecular formula is C52H61N4O8PSi. The Balaban J connectivity index is 1.25. The van der Waals surface area contributed by atoms with Gasteiger partial charge in [0.2, 0.25) is 8.30 Å². The molecule has 12 nitrogen and oxygen atoms in total. The van der Waals surface area contributed by atoms with Crippen LogP contribution in [0.5, 0.6) is 11.5 Å². The second-order valence-corrected chi connectivity index (χ2v) is 23.0. The van der Waals surface area contributed by atoms with Crippen molar-refractivity contribution in [2.75, 3.05) is 33.2 Å². The number of carbonyl (C=O) groups excluding carboxylic acids is 1. The van der Waals surface area contributed by atoms with Gasteiger partial charge in [0.05, 0.1) is 33.5 Å². The molecule has 1 aromatic heterocycles. The average Bonchev–Trinajstić information content (AvgIpc) is 3.74. The van der Waals surface area contributed by atoms with Crippen LogP contribution in [0.15, 0.2) is 157 Å². The maximum absolute atomic E-state index is 14.8. The maximum atomic E-state index is 14.8. The molecule has 14 heteroatoms. The SMILES string of the molecule is COc1ccc(C(OC[C@H]2O[C@@H](n3ccc(N)nc3=O)C[C@@H]2OP(C(=O)OCC[Si](C)(c2ccccc2)c2ccccc2)N(C(C)C)C(C)C)(c2ccccc2)c2ccc(OC)cc2)cc1. The molecule has 4 atom stereocenters. The summed E-state index contributed by atoms with van der Waals surface area (Å²) in [5.41, 5.74) is 6.29. The van der Waals surface area contributed by atoms with Gasteiger partial charge in [-0.3, -0.25) is 4.57 Å². The molecule has 6 aromatic rings. The number of aromatic nitrogens is 2. The van der Waals surface area contributed by atoms with Crippen LogP contribution in [0, 0.1) is 0 Å². The summed E-state index contributed by atoms with van der Waals surface area (Å²) in [6.07, 6.45) is -0.520. The van der Waals surface area contributed by atoms with E-state index >= 15 is 0 Å². The number of carbonyl (C=O) groups is 1. The summed E-state index contributed by atoms with van der Waals surface area (Å²) in [5, 5.41) is 2.52. The van der Waals surface area contributed by atoms with Gasteiger partial charge < -0.3 is 33.9 Å². The molecule has 5 aromatic carbocycles. The number of methoxy groups -OCH3 is 2. The van der Waals surface area contributed by atoms with Crippen LogP contribution in [-0.4, -0.2) is 79.7 Å². The summed E-state index contributed by atoms with van der Waals surface area (Å²) in [5.74, 6) is 1.49. The van der Waals surface area contributed by atoms with E-state index in [4.69, 9.17) is 33.9 Å². The minimum atomic E-state index is -2.32. The van der Waals surface area contributed by atoms with Crippen molar-refractivity contribution in [3.63, 3.8) is 0 Å². The first-order valence-electron chi connectivity index (χ1n) is 22.4. The van der Waals surface area contributed by atoms with Crippen LogP contribution in [0.4, 0.5) is 10.6 Å². The highest BCUT2D eigenvalue weighted by molar-refractivity contribution is 7.67. The molecule has 0 radical (unpaired) electrons. The van der Waals surface area contributed by atoms with E-state index in [-0.39, 0.29) is 37.5 Å². The first-order chi connectivity index (χ1) is 31.9. The van der Waals surface area contributed by atoms with Gasteiger partial charge in [-0.1, -0.05) is 132 Å². The number of hydrogen-bond donors (Lipinski definition) is 1. The van der Waals surface area contributed by atoms with E-state index in [1.54, 1.807) is 26.5 Å². The number of nitrogen functional groups attached to an aromatic ring is 1. The summed E-state index contributed by atoms with van der Waals surface area (Å²) in [4.78, 5) is 32.1. The molecule has 1 aliphatic heterocycles. The van der Waals surface area contributed by atoms with Crippen molar-refractivity contribution in [3.8, 4) is 11.5 Å². The topological polar surface area (TPSA) is 137 Å². The zero-order chi connectivity index (χ0) is 46.8. The van der Waals surface area contributed by atoms with E-state index in [0.717, 1.165) is 16.7 Å². The molecule has 66 heavy (non-hydrogen) atoms. The monoisotopic (exact) mass is 928 g/mol. The first-order valence-corrected chi connectivity index (χ1v) is 26.3. The van der Waals surface area contributed by atoms with Crippen molar-refractivity contribution in [1.29, 1.82) is 0 Å². The normalized spacial score (nSPS) is 17.0. The molecule has 2 heterocycles. The number of nitrogens with zero attached hydrogens (tertiary/aromatic N) is 3. The highest BCUT2D eigenvalue weighted by atomic mass is 31.2. The Bertz CT molecular complexity index is 2440. The Labute approximate surface area is 390 Å². The van der Waals surface area contributed by atoms with Crippen molar-refractivity contribution >= 4 is 38.3 Å². The van der Waals surface area contributed by atoms with Crippen molar-refractivity contribution in [3.05, 3.63) is 179 Å². The quantitative estimate of drug-likeness (QED) is 0.0447. The van der Waals surface area contributed by atoms with Gasteiger partial charge >= 0.3 is 11.4 Å².